The molecular formula is C12H29N3O. The summed E-state index contributed by atoms with van der Waals surface area (Å²) in [6.45, 7) is 10.9. The Labute approximate surface area is 101 Å². The molecule has 0 rings (SSSR count). The van der Waals surface area contributed by atoms with Crippen molar-refractivity contribution in [1.82, 2.24) is 9.80 Å². The van der Waals surface area contributed by atoms with Crippen molar-refractivity contribution in [3.63, 3.8) is 0 Å². The van der Waals surface area contributed by atoms with Crippen molar-refractivity contribution in [2.75, 3.05) is 60.0 Å². The Balaban J connectivity index is 3.72. The lowest BCUT2D eigenvalue weighted by Gasteiger charge is -2.25. The standard InChI is InChI=1S/C12H29N3O/c1-12(2)11-15(7-6-14(3)4)8-10-16-9-5-13/h12H,5-11,13H2,1-4H3. The molecule has 2 N–H and O–H groups in total. The quantitative estimate of drug-likeness (QED) is 0.555. The summed E-state index contributed by atoms with van der Waals surface area (Å²) in [5, 5.41) is 0. The smallest absolute Gasteiger partial charge is 0.0594 e. The van der Waals surface area contributed by atoms with Gasteiger partial charge >= 0.3 is 0 Å². The maximum absolute atomic E-state index is 5.42. The van der Waals surface area contributed by atoms with E-state index in [0.29, 0.717) is 19.1 Å². The van der Waals surface area contributed by atoms with E-state index >= 15 is 0 Å². The van der Waals surface area contributed by atoms with Crippen LogP contribution in [0.3, 0.4) is 0 Å². The van der Waals surface area contributed by atoms with Gasteiger partial charge in [0, 0.05) is 32.7 Å². The number of nitrogens with two attached hydrogens (primary N) is 1. The van der Waals surface area contributed by atoms with E-state index in [1.165, 1.54) is 0 Å². The van der Waals surface area contributed by atoms with Crippen LogP contribution in [0.2, 0.25) is 0 Å². The van der Waals surface area contributed by atoms with E-state index in [9.17, 15) is 0 Å². The normalized spacial score (nSPS) is 12.0. The van der Waals surface area contributed by atoms with Crippen LogP contribution in [0.4, 0.5) is 0 Å². The largest absolute Gasteiger partial charge is 0.379 e. The molecule has 16 heavy (non-hydrogen) atoms. The summed E-state index contributed by atoms with van der Waals surface area (Å²) < 4.78 is 5.42. The van der Waals surface area contributed by atoms with Crippen LogP contribution in [-0.4, -0.2) is 69.8 Å². The summed E-state index contributed by atoms with van der Waals surface area (Å²) in [5.41, 5.74) is 5.38. The first-order valence-electron chi connectivity index (χ1n) is 6.21. The topological polar surface area (TPSA) is 41.7 Å². The predicted molar refractivity (Wildman–Crippen MR) is 69.7 cm³/mol. The molecule has 0 amide bonds. The molecule has 0 aromatic carbocycles. The minimum atomic E-state index is 0.613. The van der Waals surface area contributed by atoms with E-state index in [-0.39, 0.29) is 0 Å². The first-order valence-corrected chi connectivity index (χ1v) is 6.21. The zero-order valence-electron chi connectivity index (χ0n) is 11.4. The molecule has 0 saturated heterocycles. The third kappa shape index (κ3) is 10.4. The van der Waals surface area contributed by atoms with Crippen LogP contribution in [-0.2, 0) is 4.74 Å². The molecule has 0 aliphatic carbocycles. The fourth-order valence-electron chi connectivity index (χ4n) is 1.53. The van der Waals surface area contributed by atoms with Crippen LogP contribution < -0.4 is 5.73 Å². The van der Waals surface area contributed by atoms with Crippen molar-refractivity contribution in [2.24, 2.45) is 11.7 Å². The molecule has 0 aliphatic heterocycles. The van der Waals surface area contributed by atoms with E-state index < -0.39 is 0 Å². The highest BCUT2D eigenvalue weighted by Crippen LogP contribution is 1.98. The summed E-state index contributed by atoms with van der Waals surface area (Å²) in [6.07, 6.45) is 0. The molecule has 0 aromatic rings. The fourth-order valence-corrected chi connectivity index (χ4v) is 1.53. The molecule has 0 unspecified atom stereocenters. The molecule has 0 bridgehead atoms. The molecule has 0 fully saturated rings. The molecule has 0 aliphatic rings. The minimum Gasteiger partial charge on any atom is -0.379 e. The first-order chi connectivity index (χ1) is 7.56. The number of rotatable bonds is 10. The van der Waals surface area contributed by atoms with Gasteiger partial charge < -0.3 is 15.4 Å². The lowest BCUT2D eigenvalue weighted by Crippen LogP contribution is -2.36. The first kappa shape index (κ1) is 15.8. The number of likely N-dealkylation sites (N-methyl/N-ethyl adjacent to an activating group) is 1. The van der Waals surface area contributed by atoms with Gasteiger partial charge in [-0.2, -0.15) is 0 Å². The second-order valence-electron chi connectivity index (χ2n) is 4.90. The zero-order valence-corrected chi connectivity index (χ0v) is 11.4. The van der Waals surface area contributed by atoms with Gasteiger partial charge in [-0.15, -0.1) is 0 Å². The predicted octanol–water partition coefficient (Wildman–Crippen LogP) is 0.481. The Morgan fingerprint density at radius 1 is 1.06 bits per heavy atom. The third-order valence-corrected chi connectivity index (χ3v) is 2.30. The summed E-state index contributed by atoms with van der Waals surface area (Å²) in [7, 11) is 4.22. The molecule has 0 atom stereocenters. The second-order valence-corrected chi connectivity index (χ2v) is 4.90. The fraction of sp³-hybridized carbons (Fsp3) is 1.00. The van der Waals surface area contributed by atoms with Crippen molar-refractivity contribution in [1.29, 1.82) is 0 Å². The Hall–Kier alpha value is -0.160. The van der Waals surface area contributed by atoms with Gasteiger partial charge in [-0.05, 0) is 20.0 Å². The Bertz CT molecular complexity index is 151. The molecular weight excluding hydrogens is 202 g/mol. The van der Waals surface area contributed by atoms with Crippen molar-refractivity contribution < 1.29 is 4.74 Å². The van der Waals surface area contributed by atoms with Gasteiger partial charge in [0.2, 0.25) is 0 Å². The number of nitrogens with zero attached hydrogens (tertiary/aromatic N) is 2. The second kappa shape index (κ2) is 10.0. The van der Waals surface area contributed by atoms with Gasteiger partial charge in [0.1, 0.15) is 0 Å². The van der Waals surface area contributed by atoms with Crippen molar-refractivity contribution in [2.45, 2.75) is 13.8 Å². The Morgan fingerprint density at radius 3 is 2.25 bits per heavy atom. The number of ether oxygens (including phenoxy) is 1. The molecule has 4 heteroatoms. The minimum absolute atomic E-state index is 0.613. The summed E-state index contributed by atoms with van der Waals surface area (Å²) in [4.78, 5) is 4.68. The highest BCUT2D eigenvalue weighted by molar-refractivity contribution is 4.61. The average Bonchev–Trinajstić information content (AvgIpc) is 2.19. The van der Waals surface area contributed by atoms with Crippen LogP contribution in [0.5, 0.6) is 0 Å². The summed E-state index contributed by atoms with van der Waals surface area (Å²) in [6, 6.07) is 0. The van der Waals surface area contributed by atoms with E-state index in [2.05, 4.69) is 37.7 Å². The Kier molecular flexibility index (Phi) is 9.92. The van der Waals surface area contributed by atoms with Gasteiger partial charge in [-0.3, -0.25) is 4.90 Å². The van der Waals surface area contributed by atoms with E-state index in [0.717, 1.165) is 32.8 Å². The van der Waals surface area contributed by atoms with Crippen LogP contribution in [0.1, 0.15) is 13.8 Å². The average molecular weight is 231 g/mol. The van der Waals surface area contributed by atoms with Crippen LogP contribution in [0, 0.1) is 5.92 Å². The number of hydrogen-bond acceptors (Lipinski definition) is 4. The molecule has 0 aromatic heterocycles. The van der Waals surface area contributed by atoms with Gasteiger partial charge in [0.25, 0.3) is 0 Å². The maximum atomic E-state index is 5.42. The maximum Gasteiger partial charge on any atom is 0.0594 e. The van der Waals surface area contributed by atoms with Crippen molar-refractivity contribution in [3.8, 4) is 0 Å². The summed E-state index contributed by atoms with van der Waals surface area (Å²) in [5.74, 6) is 0.705. The molecule has 0 saturated carbocycles. The van der Waals surface area contributed by atoms with Gasteiger partial charge in [0.15, 0.2) is 0 Å². The van der Waals surface area contributed by atoms with Gasteiger partial charge in [0.05, 0.1) is 13.2 Å². The molecule has 4 nitrogen and oxygen atoms in total. The van der Waals surface area contributed by atoms with E-state index in [1.54, 1.807) is 0 Å². The van der Waals surface area contributed by atoms with Crippen LogP contribution in [0.15, 0.2) is 0 Å². The van der Waals surface area contributed by atoms with Crippen LogP contribution >= 0.6 is 0 Å². The lowest BCUT2D eigenvalue weighted by molar-refractivity contribution is 0.101. The van der Waals surface area contributed by atoms with E-state index in [1.807, 2.05) is 0 Å². The molecule has 0 spiro atoms. The van der Waals surface area contributed by atoms with E-state index in [4.69, 9.17) is 10.5 Å². The van der Waals surface area contributed by atoms with Crippen molar-refractivity contribution in [3.05, 3.63) is 0 Å². The monoisotopic (exact) mass is 231 g/mol. The summed E-state index contributed by atoms with van der Waals surface area (Å²) >= 11 is 0. The number of hydrogen-bond donors (Lipinski definition) is 1. The zero-order chi connectivity index (χ0) is 12.4. The molecule has 98 valence electrons. The highest BCUT2D eigenvalue weighted by atomic mass is 16.5. The SMILES string of the molecule is CC(C)CN(CCOCCN)CCN(C)C. The van der Waals surface area contributed by atoms with Gasteiger partial charge in [-0.1, -0.05) is 13.8 Å². The Morgan fingerprint density at radius 2 is 1.75 bits per heavy atom. The van der Waals surface area contributed by atoms with Crippen molar-refractivity contribution >= 4 is 0 Å². The third-order valence-electron chi connectivity index (χ3n) is 2.30. The van der Waals surface area contributed by atoms with Gasteiger partial charge in [-0.25, -0.2) is 0 Å². The lowest BCUT2D eigenvalue weighted by atomic mass is 10.2. The van der Waals surface area contributed by atoms with Crippen LogP contribution in [0.25, 0.3) is 0 Å². The molecule has 0 radical (unpaired) electrons. The highest BCUT2D eigenvalue weighted by Gasteiger charge is 2.07. The molecule has 0 heterocycles.